The number of hydrogen-bond acceptors (Lipinski definition) is 7. The first-order valence-electron chi connectivity index (χ1n) is 14.1. The summed E-state index contributed by atoms with van der Waals surface area (Å²) < 4.78 is 64.6. The second-order valence-electron chi connectivity index (χ2n) is 12.0. The smallest absolute Gasteiger partial charge is 0.339 e. The molecule has 7 nitrogen and oxygen atoms in total. The molecule has 0 saturated heterocycles. The van der Waals surface area contributed by atoms with Gasteiger partial charge in [-0.25, -0.2) is 0 Å². The molecule has 3 aliphatic rings. The van der Waals surface area contributed by atoms with Crippen LogP contribution in [-0.4, -0.2) is 22.6 Å². The monoisotopic (exact) mass is 594 g/mol. The predicted octanol–water partition coefficient (Wildman–Crippen LogP) is 6.26. The van der Waals surface area contributed by atoms with Gasteiger partial charge in [0, 0.05) is 23.5 Å². The van der Waals surface area contributed by atoms with Crippen LogP contribution >= 0.6 is 0 Å². The van der Waals surface area contributed by atoms with Gasteiger partial charge < -0.3 is 8.37 Å². The van der Waals surface area contributed by atoms with Gasteiger partial charge >= 0.3 is 20.2 Å². The number of aryl methyl sites for hydroxylation is 3. The average Bonchev–Trinajstić information content (AvgIpc) is 3.22. The van der Waals surface area contributed by atoms with Crippen LogP contribution in [0.5, 0.6) is 11.5 Å². The molecule has 0 radical (unpaired) electrons. The summed E-state index contributed by atoms with van der Waals surface area (Å²) in [6, 6.07) is 15.8. The van der Waals surface area contributed by atoms with Crippen LogP contribution in [0.25, 0.3) is 0 Å². The number of carbonyl (C=O) groups excluding carboxylic acids is 1. The molecule has 2 saturated carbocycles. The molecule has 0 bridgehead atoms. The minimum atomic E-state index is -4.22. The highest BCUT2D eigenvalue weighted by Crippen LogP contribution is 2.61. The zero-order valence-corrected chi connectivity index (χ0v) is 25.1. The molecule has 6 rings (SSSR count). The highest BCUT2D eigenvalue weighted by atomic mass is 32.2. The molecule has 0 amide bonds. The van der Waals surface area contributed by atoms with Crippen LogP contribution < -0.4 is 8.37 Å². The zero-order valence-electron chi connectivity index (χ0n) is 23.4. The highest BCUT2D eigenvalue weighted by molar-refractivity contribution is 7.87. The van der Waals surface area contributed by atoms with E-state index in [0.29, 0.717) is 18.6 Å². The Bertz CT molecular complexity index is 1730. The summed E-state index contributed by atoms with van der Waals surface area (Å²) in [5.41, 5.74) is 3.11. The first kappa shape index (κ1) is 28.0. The zero-order chi connectivity index (χ0) is 29.2. The molecule has 4 atom stereocenters. The molecule has 0 heterocycles. The topological polar surface area (TPSA) is 104 Å². The minimum Gasteiger partial charge on any atom is -0.379 e. The fourth-order valence-electron chi connectivity index (χ4n) is 7.29. The number of carbonyl (C=O) groups is 1. The van der Waals surface area contributed by atoms with Gasteiger partial charge in [0.25, 0.3) is 0 Å². The van der Waals surface area contributed by atoms with Crippen molar-refractivity contribution in [2.24, 2.45) is 17.3 Å². The molecule has 41 heavy (non-hydrogen) atoms. The van der Waals surface area contributed by atoms with Gasteiger partial charge in [-0.2, -0.15) is 16.8 Å². The standard InChI is InChI=1S/C32H34O7S2/c1-20-4-9-24(10-5-20)40(34,35)38-23-18-22-8-13-26-27(16-17-32(3)28(26)14-15-30(32)33)31(22)29(19-23)39-41(36,37)25-11-6-21(2)7-12-25/h4-7,9-12,18-19,26-28H,8,13-17H2,1-3H3/t26-,27-,28-,32-/m0/s1. The fourth-order valence-corrected chi connectivity index (χ4v) is 9.15. The Morgan fingerprint density at radius 2 is 1.34 bits per heavy atom. The van der Waals surface area contributed by atoms with Gasteiger partial charge in [0.2, 0.25) is 0 Å². The van der Waals surface area contributed by atoms with E-state index < -0.39 is 20.2 Å². The highest BCUT2D eigenvalue weighted by Gasteiger charge is 2.55. The van der Waals surface area contributed by atoms with Crippen molar-refractivity contribution in [3.05, 3.63) is 82.9 Å². The van der Waals surface area contributed by atoms with E-state index in [1.54, 1.807) is 30.3 Å². The number of benzene rings is 3. The van der Waals surface area contributed by atoms with Gasteiger partial charge in [0.1, 0.15) is 27.1 Å². The van der Waals surface area contributed by atoms with E-state index in [4.69, 9.17) is 8.37 Å². The molecule has 0 aliphatic heterocycles. The van der Waals surface area contributed by atoms with E-state index in [0.717, 1.165) is 47.9 Å². The van der Waals surface area contributed by atoms with E-state index in [9.17, 15) is 21.6 Å². The van der Waals surface area contributed by atoms with Crippen LogP contribution in [0, 0.1) is 31.1 Å². The van der Waals surface area contributed by atoms with Crippen molar-refractivity contribution in [3.63, 3.8) is 0 Å². The third kappa shape index (κ3) is 4.97. The first-order valence-corrected chi connectivity index (χ1v) is 16.9. The van der Waals surface area contributed by atoms with Crippen LogP contribution in [0.15, 0.2) is 70.5 Å². The number of rotatable bonds is 6. The number of hydrogen-bond donors (Lipinski definition) is 0. The van der Waals surface area contributed by atoms with Gasteiger partial charge in [-0.1, -0.05) is 42.3 Å². The third-order valence-corrected chi connectivity index (χ3v) is 12.0. The SMILES string of the molecule is Cc1ccc(S(=O)(=O)Oc2cc3c(c(OS(=O)(=O)c4ccc(C)cc4)c2)[C@H]2CC[C@]4(C)C(=O)CC[C@H]4[C@H]2CC3)cc1. The van der Waals surface area contributed by atoms with Gasteiger partial charge in [-0.3, -0.25) is 4.79 Å². The molecular formula is C32H34O7S2. The van der Waals surface area contributed by atoms with Crippen LogP contribution in [0.2, 0.25) is 0 Å². The molecule has 2 fully saturated rings. The van der Waals surface area contributed by atoms with Crippen molar-refractivity contribution in [1.82, 2.24) is 0 Å². The Balaban J connectivity index is 1.42. The maximum atomic E-state index is 13.5. The molecule has 0 aromatic heterocycles. The lowest BCUT2D eigenvalue weighted by Gasteiger charge is -2.48. The Hall–Kier alpha value is -3.17. The summed E-state index contributed by atoms with van der Waals surface area (Å²) in [6.45, 7) is 5.82. The summed E-state index contributed by atoms with van der Waals surface area (Å²) in [5.74, 6) is 0.902. The van der Waals surface area contributed by atoms with Gasteiger partial charge in [0.05, 0.1) is 0 Å². The van der Waals surface area contributed by atoms with Crippen molar-refractivity contribution in [3.8, 4) is 11.5 Å². The maximum Gasteiger partial charge on any atom is 0.339 e. The minimum absolute atomic E-state index is 0.00750. The fraction of sp³-hybridized carbons (Fsp3) is 0.406. The number of Topliss-reactive ketones (excluding diaryl/α,β-unsaturated/α-hetero) is 1. The Morgan fingerprint density at radius 1 is 0.756 bits per heavy atom. The molecular weight excluding hydrogens is 560 g/mol. The normalized spacial score (nSPS) is 25.6. The summed E-state index contributed by atoms with van der Waals surface area (Å²) in [6.07, 6.45) is 4.36. The van der Waals surface area contributed by atoms with E-state index in [2.05, 4.69) is 6.92 Å². The van der Waals surface area contributed by atoms with E-state index in [1.807, 2.05) is 13.8 Å². The molecule has 216 valence electrons. The molecule has 0 unspecified atom stereocenters. The van der Waals surface area contributed by atoms with Gasteiger partial charge in [-0.05, 0) is 99.6 Å². The molecule has 3 aromatic carbocycles. The number of fused-ring (bicyclic) bond motifs is 5. The van der Waals surface area contributed by atoms with Crippen LogP contribution in [0.3, 0.4) is 0 Å². The second kappa shape index (κ2) is 9.98. The second-order valence-corrected chi connectivity index (χ2v) is 15.1. The lowest BCUT2D eigenvalue weighted by atomic mass is 9.55. The first-order chi connectivity index (χ1) is 19.4. The third-order valence-electron chi connectivity index (χ3n) is 9.49. The van der Waals surface area contributed by atoms with Gasteiger partial charge in [0.15, 0.2) is 0 Å². The van der Waals surface area contributed by atoms with E-state index >= 15 is 0 Å². The number of ketones is 1. The summed E-state index contributed by atoms with van der Waals surface area (Å²) in [4.78, 5) is 12.8. The lowest BCUT2D eigenvalue weighted by molar-refractivity contribution is -0.129. The Kier molecular flexibility index (Phi) is 6.81. The van der Waals surface area contributed by atoms with Gasteiger partial charge in [-0.15, -0.1) is 0 Å². The summed E-state index contributed by atoms with van der Waals surface area (Å²) in [5, 5.41) is 0. The molecule has 3 aromatic rings. The van der Waals surface area contributed by atoms with Crippen molar-refractivity contribution in [2.75, 3.05) is 0 Å². The summed E-state index contributed by atoms with van der Waals surface area (Å²) >= 11 is 0. The van der Waals surface area contributed by atoms with Crippen LogP contribution in [-0.2, 0) is 31.5 Å². The van der Waals surface area contributed by atoms with Crippen LogP contribution in [0.1, 0.15) is 67.2 Å². The molecule has 0 spiro atoms. The Labute approximate surface area is 242 Å². The van der Waals surface area contributed by atoms with Crippen molar-refractivity contribution in [2.45, 2.75) is 75.0 Å². The quantitative estimate of drug-likeness (QED) is 0.310. The van der Waals surface area contributed by atoms with Crippen molar-refractivity contribution < 1.29 is 30.0 Å². The molecule has 0 N–H and O–H groups in total. The lowest BCUT2D eigenvalue weighted by Crippen LogP contribution is -2.42. The van der Waals surface area contributed by atoms with Crippen molar-refractivity contribution in [1.29, 1.82) is 0 Å². The van der Waals surface area contributed by atoms with E-state index in [1.165, 1.54) is 30.3 Å². The maximum absolute atomic E-state index is 13.5. The average molecular weight is 595 g/mol. The van der Waals surface area contributed by atoms with Crippen molar-refractivity contribution >= 4 is 26.0 Å². The summed E-state index contributed by atoms with van der Waals surface area (Å²) in [7, 11) is -8.38. The Morgan fingerprint density at radius 3 is 1.95 bits per heavy atom. The molecule has 9 heteroatoms. The van der Waals surface area contributed by atoms with Crippen LogP contribution in [0.4, 0.5) is 0 Å². The molecule has 3 aliphatic carbocycles. The van der Waals surface area contributed by atoms with E-state index in [-0.39, 0.29) is 44.5 Å². The largest absolute Gasteiger partial charge is 0.379 e. The predicted molar refractivity (Wildman–Crippen MR) is 154 cm³/mol.